The monoisotopic (exact) mass is 325 g/mol. The van der Waals surface area contributed by atoms with Crippen LogP contribution in [0.3, 0.4) is 0 Å². The van der Waals surface area contributed by atoms with Crippen LogP contribution in [0, 0.1) is 6.92 Å². The average molecular weight is 325 g/mol. The van der Waals surface area contributed by atoms with Gasteiger partial charge in [-0.2, -0.15) is 0 Å². The Labute approximate surface area is 140 Å². The Balaban J connectivity index is 1.62. The number of hydrogen-bond acceptors (Lipinski definition) is 4. The summed E-state index contributed by atoms with van der Waals surface area (Å²) in [6, 6.07) is 16.8. The molecule has 2 aromatic carbocycles. The Hall–Kier alpha value is -2.82. The van der Waals surface area contributed by atoms with Crippen molar-refractivity contribution in [1.82, 2.24) is 4.90 Å². The van der Waals surface area contributed by atoms with Gasteiger partial charge in [-0.3, -0.25) is 4.79 Å². The number of imide groups is 1. The third kappa shape index (κ3) is 3.74. The number of benzene rings is 2. The molecule has 2 amide bonds. The van der Waals surface area contributed by atoms with Crippen LogP contribution in [0.4, 0.5) is 4.79 Å². The van der Waals surface area contributed by atoms with E-state index < -0.39 is 6.09 Å². The zero-order chi connectivity index (χ0) is 16.9. The molecule has 1 fully saturated rings. The molecular weight excluding hydrogens is 306 g/mol. The second kappa shape index (κ2) is 7.17. The third-order valence-corrected chi connectivity index (χ3v) is 3.93. The van der Waals surface area contributed by atoms with E-state index in [-0.39, 0.29) is 25.2 Å². The lowest BCUT2D eigenvalue weighted by Crippen LogP contribution is -2.42. The lowest BCUT2D eigenvalue weighted by atomic mass is 10.1. The van der Waals surface area contributed by atoms with E-state index in [1.54, 1.807) is 12.1 Å². The lowest BCUT2D eigenvalue weighted by Gasteiger charge is -2.19. The number of amides is 2. The van der Waals surface area contributed by atoms with E-state index in [0.29, 0.717) is 12.2 Å². The molecule has 0 bridgehead atoms. The Morgan fingerprint density at radius 3 is 2.58 bits per heavy atom. The molecule has 0 N–H and O–H groups in total. The zero-order valence-corrected chi connectivity index (χ0v) is 13.5. The standard InChI is InChI=1S/C19H19NO4/c1-14-7-9-17(10-8-14)23-13-18(21)20-16(12-24-19(20)22)11-15-5-3-2-4-6-15/h2-10,16H,11-13H2,1H3. The molecule has 1 atom stereocenters. The minimum Gasteiger partial charge on any atom is -0.484 e. The smallest absolute Gasteiger partial charge is 0.417 e. The summed E-state index contributed by atoms with van der Waals surface area (Å²) in [4.78, 5) is 25.5. The van der Waals surface area contributed by atoms with Gasteiger partial charge in [-0.25, -0.2) is 9.69 Å². The van der Waals surface area contributed by atoms with Crippen LogP contribution < -0.4 is 4.74 Å². The van der Waals surface area contributed by atoms with E-state index in [4.69, 9.17) is 9.47 Å². The molecule has 1 heterocycles. The molecule has 2 aromatic rings. The van der Waals surface area contributed by atoms with E-state index in [1.165, 1.54) is 4.90 Å². The van der Waals surface area contributed by atoms with Crippen molar-refractivity contribution in [3.8, 4) is 5.75 Å². The Kier molecular flexibility index (Phi) is 4.79. The fraction of sp³-hybridized carbons (Fsp3) is 0.263. The first kappa shape index (κ1) is 16.1. The second-order valence-corrected chi connectivity index (χ2v) is 5.79. The largest absolute Gasteiger partial charge is 0.484 e. The molecule has 24 heavy (non-hydrogen) atoms. The molecule has 3 rings (SSSR count). The number of cyclic esters (lactones) is 1. The summed E-state index contributed by atoms with van der Waals surface area (Å²) < 4.78 is 10.5. The fourth-order valence-electron chi connectivity index (χ4n) is 2.65. The normalized spacial score (nSPS) is 16.8. The van der Waals surface area contributed by atoms with E-state index in [9.17, 15) is 9.59 Å². The number of ether oxygens (including phenoxy) is 2. The highest BCUT2D eigenvalue weighted by molar-refractivity contribution is 5.94. The molecule has 5 nitrogen and oxygen atoms in total. The first-order valence-corrected chi connectivity index (χ1v) is 7.85. The molecular formula is C19H19NO4. The second-order valence-electron chi connectivity index (χ2n) is 5.79. The number of carbonyl (C=O) groups is 2. The van der Waals surface area contributed by atoms with Gasteiger partial charge >= 0.3 is 6.09 Å². The molecule has 0 spiro atoms. The fourth-order valence-corrected chi connectivity index (χ4v) is 2.65. The maximum atomic E-state index is 12.4. The van der Waals surface area contributed by atoms with Crippen molar-refractivity contribution in [2.45, 2.75) is 19.4 Å². The molecule has 5 heteroatoms. The molecule has 1 aliphatic heterocycles. The Bertz CT molecular complexity index is 712. The highest BCUT2D eigenvalue weighted by Crippen LogP contribution is 2.18. The van der Waals surface area contributed by atoms with Gasteiger partial charge in [-0.15, -0.1) is 0 Å². The van der Waals surface area contributed by atoms with Gasteiger partial charge < -0.3 is 9.47 Å². The number of rotatable bonds is 5. The number of hydrogen-bond donors (Lipinski definition) is 0. The van der Waals surface area contributed by atoms with Crippen LogP contribution in [0.25, 0.3) is 0 Å². The van der Waals surface area contributed by atoms with Crippen LogP contribution in [0.2, 0.25) is 0 Å². The minimum absolute atomic E-state index is 0.191. The highest BCUT2D eigenvalue weighted by Gasteiger charge is 2.37. The van der Waals surface area contributed by atoms with Crippen molar-refractivity contribution < 1.29 is 19.1 Å². The predicted octanol–water partition coefficient (Wildman–Crippen LogP) is 2.96. The maximum absolute atomic E-state index is 12.4. The SMILES string of the molecule is Cc1ccc(OCC(=O)N2C(=O)OCC2Cc2ccccc2)cc1. The van der Waals surface area contributed by atoms with Crippen LogP contribution in [0.1, 0.15) is 11.1 Å². The number of nitrogens with zero attached hydrogens (tertiary/aromatic N) is 1. The Morgan fingerprint density at radius 2 is 1.88 bits per heavy atom. The number of carbonyl (C=O) groups excluding carboxylic acids is 2. The molecule has 0 aromatic heterocycles. The summed E-state index contributed by atoms with van der Waals surface area (Å²) in [6.45, 7) is 2.00. The molecule has 0 saturated carbocycles. The van der Waals surface area contributed by atoms with Crippen LogP contribution in [0.5, 0.6) is 5.75 Å². The zero-order valence-electron chi connectivity index (χ0n) is 13.5. The molecule has 1 saturated heterocycles. The third-order valence-electron chi connectivity index (χ3n) is 3.93. The van der Waals surface area contributed by atoms with Crippen LogP contribution in [0.15, 0.2) is 54.6 Å². The summed E-state index contributed by atoms with van der Waals surface area (Å²) >= 11 is 0. The highest BCUT2D eigenvalue weighted by atomic mass is 16.6. The maximum Gasteiger partial charge on any atom is 0.417 e. The molecule has 124 valence electrons. The van der Waals surface area contributed by atoms with Gasteiger partial charge in [0.2, 0.25) is 0 Å². The van der Waals surface area contributed by atoms with Crippen molar-refractivity contribution in [3.05, 3.63) is 65.7 Å². The van der Waals surface area contributed by atoms with Gasteiger partial charge in [0.25, 0.3) is 5.91 Å². The van der Waals surface area contributed by atoms with Crippen molar-refractivity contribution in [2.24, 2.45) is 0 Å². The lowest BCUT2D eigenvalue weighted by molar-refractivity contribution is -0.131. The van der Waals surface area contributed by atoms with Crippen molar-refractivity contribution >= 4 is 12.0 Å². The van der Waals surface area contributed by atoms with Crippen LogP contribution in [-0.2, 0) is 16.0 Å². The van der Waals surface area contributed by atoms with Crippen LogP contribution >= 0.6 is 0 Å². The van der Waals surface area contributed by atoms with Crippen LogP contribution in [-0.4, -0.2) is 36.2 Å². The quantitative estimate of drug-likeness (QED) is 0.848. The molecule has 1 aliphatic rings. The topological polar surface area (TPSA) is 55.8 Å². The van der Waals surface area contributed by atoms with Crippen molar-refractivity contribution in [3.63, 3.8) is 0 Å². The first-order valence-electron chi connectivity index (χ1n) is 7.85. The summed E-state index contributed by atoms with van der Waals surface area (Å²) in [7, 11) is 0. The van der Waals surface area contributed by atoms with Gasteiger partial charge in [0.15, 0.2) is 6.61 Å². The van der Waals surface area contributed by atoms with E-state index in [2.05, 4.69) is 0 Å². The van der Waals surface area contributed by atoms with E-state index >= 15 is 0 Å². The predicted molar refractivity (Wildman–Crippen MR) is 88.8 cm³/mol. The van der Waals surface area contributed by atoms with Gasteiger partial charge in [0, 0.05) is 0 Å². The van der Waals surface area contributed by atoms with Gasteiger partial charge in [0.05, 0.1) is 6.04 Å². The molecule has 0 aliphatic carbocycles. The number of aryl methyl sites for hydroxylation is 1. The Morgan fingerprint density at radius 1 is 1.17 bits per heavy atom. The average Bonchev–Trinajstić information content (AvgIpc) is 2.95. The minimum atomic E-state index is -0.603. The first-order chi connectivity index (χ1) is 11.6. The van der Waals surface area contributed by atoms with Crippen molar-refractivity contribution in [1.29, 1.82) is 0 Å². The van der Waals surface area contributed by atoms with Crippen molar-refractivity contribution in [2.75, 3.05) is 13.2 Å². The summed E-state index contributed by atoms with van der Waals surface area (Å²) in [5.41, 5.74) is 2.16. The van der Waals surface area contributed by atoms with Gasteiger partial charge in [-0.05, 0) is 31.0 Å². The molecule has 1 unspecified atom stereocenters. The summed E-state index contributed by atoms with van der Waals surface area (Å²) in [5, 5.41) is 0. The van der Waals surface area contributed by atoms with Gasteiger partial charge in [0.1, 0.15) is 12.4 Å². The summed E-state index contributed by atoms with van der Waals surface area (Å²) in [5.74, 6) is 0.208. The van der Waals surface area contributed by atoms with E-state index in [0.717, 1.165) is 11.1 Å². The van der Waals surface area contributed by atoms with E-state index in [1.807, 2.05) is 49.4 Å². The van der Waals surface area contributed by atoms with Gasteiger partial charge in [-0.1, -0.05) is 48.0 Å². The summed E-state index contributed by atoms with van der Waals surface area (Å²) in [6.07, 6.45) is -0.0310. The molecule has 0 radical (unpaired) electrons.